The Balaban J connectivity index is 2.48. The van der Waals surface area contributed by atoms with Crippen molar-refractivity contribution in [2.24, 2.45) is 17.1 Å². The highest BCUT2D eigenvalue weighted by molar-refractivity contribution is 5.83. The summed E-state index contributed by atoms with van der Waals surface area (Å²) >= 11 is 0. The van der Waals surface area contributed by atoms with Gasteiger partial charge in [0.2, 0.25) is 5.91 Å². The van der Waals surface area contributed by atoms with Crippen LogP contribution in [0.15, 0.2) is 0 Å². The zero-order valence-electron chi connectivity index (χ0n) is 9.68. The molecule has 1 fully saturated rings. The summed E-state index contributed by atoms with van der Waals surface area (Å²) in [4.78, 5) is 11.9. The molecule has 1 amide bonds. The van der Waals surface area contributed by atoms with Crippen molar-refractivity contribution in [2.45, 2.75) is 46.1 Å². The van der Waals surface area contributed by atoms with Crippen molar-refractivity contribution in [3.05, 3.63) is 0 Å². The van der Waals surface area contributed by atoms with E-state index in [1.54, 1.807) is 0 Å². The SMILES string of the molecule is CC(C)(N)C(C)(C)C(=O)NCC1CC1. The number of hydrogen-bond donors (Lipinski definition) is 2. The molecule has 0 heterocycles. The predicted molar refractivity (Wildman–Crippen MR) is 57.8 cm³/mol. The van der Waals surface area contributed by atoms with Crippen molar-refractivity contribution in [1.29, 1.82) is 0 Å². The summed E-state index contributed by atoms with van der Waals surface area (Å²) in [6.07, 6.45) is 2.51. The van der Waals surface area contributed by atoms with Crippen molar-refractivity contribution in [2.75, 3.05) is 6.54 Å². The molecule has 3 nitrogen and oxygen atoms in total. The van der Waals surface area contributed by atoms with Gasteiger partial charge in [-0.1, -0.05) is 0 Å². The summed E-state index contributed by atoms with van der Waals surface area (Å²) < 4.78 is 0. The quantitative estimate of drug-likeness (QED) is 0.715. The van der Waals surface area contributed by atoms with Crippen LogP contribution in [-0.4, -0.2) is 18.0 Å². The molecular formula is C11H22N2O. The standard InChI is InChI=1S/C11H22N2O/c1-10(2,11(3,4)12)9(14)13-7-8-5-6-8/h8H,5-7,12H2,1-4H3,(H,13,14). The third-order valence-corrected chi connectivity index (χ3v) is 3.43. The molecule has 0 aromatic carbocycles. The van der Waals surface area contributed by atoms with E-state index < -0.39 is 11.0 Å². The molecule has 0 aliphatic heterocycles. The van der Waals surface area contributed by atoms with E-state index in [-0.39, 0.29) is 5.91 Å². The topological polar surface area (TPSA) is 55.1 Å². The Kier molecular flexibility index (Phi) is 2.91. The summed E-state index contributed by atoms with van der Waals surface area (Å²) in [5.41, 5.74) is 4.98. The fraction of sp³-hybridized carbons (Fsp3) is 0.909. The average molecular weight is 198 g/mol. The summed E-state index contributed by atoms with van der Waals surface area (Å²) in [5.74, 6) is 0.785. The summed E-state index contributed by atoms with van der Waals surface area (Å²) in [7, 11) is 0. The molecule has 14 heavy (non-hydrogen) atoms. The monoisotopic (exact) mass is 198 g/mol. The van der Waals surface area contributed by atoms with E-state index in [0.717, 1.165) is 12.5 Å². The van der Waals surface area contributed by atoms with Crippen LogP contribution in [0.1, 0.15) is 40.5 Å². The summed E-state index contributed by atoms with van der Waals surface area (Å²) in [5, 5.41) is 2.97. The van der Waals surface area contributed by atoms with E-state index in [0.29, 0.717) is 0 Å². The van der Waals surface area contributed by atoms with Crippen LogP contribution in [0.3, 0.4) is 0 Å². The van der Waals surface area contributed by atoms with Gasteiger partial charge in [0.05, 0.1) is 5.41 Å². The highest BCUT2D eigenvalue weighted by atomic mass is 16.2. The zero-order valence-corrected chi connectivity index (χ0v) is 9.68. The molecule has 0 atom stereocenters. The first kappa shape index (κ1) is 11.5. The first-order valence-electron chi connectivity index (χ1n) is 5.32. The third kappa shape index (κ3) is 2.47. The Labute approximate surface area is 86.4 Å². The average Bonchev–Trinajstić information content (AvgIpc) is 2.80. The van der Waals surface area contributed by atoms with E-state index in [2.05, 4.69) is 5.32 Å². The molecule has 1 rings (SSSR count). The molecule has 0 radical (unpaired) electrons. The molecule has 0 aromatic heterocycles. The fourth-order valence-corrected chi connectivity index (χ4v) is 1.07. The lowest BCUT2D eigenvalue weighted by molar-refractivity contribution is -0.132. The predicted octanol–water partition coefficient (Wildman–Crippen LogP) is 1.28. The van der Waals surface area contributed by atoms with Crippen LogP contribution < -0.4 is 11.1 Å². The van der Waals surface area contributed by atoms with Crippen molar-refractivity contribution in [1.82, 2.24) is 5.32 Å². The van der Waals surface area contributed by atoms with E-state index in [9.17, 15) is 4.79 Å². The van der Waals surface area contributed by atoms with E-state index in [1.165, 1.54) is 12.8 Å². The van der Waals surface area contributed by atoms with Gasteiger partial charge in [-0.2, -0.15) is 0 Å². The molecule has 1 aliphatic rings. The van der Waals surface area contributed by atoms with Crippen molar-refractivity contribution >= 4 is 5.91 Å². The van der Waals surface area contributed by atoms with Gasteiger partial charge in [0, 0.05) is 12.1 Å². The Morgan fingerprint density at radius 2 is 1.86 bits per heavy atom. The fourth-order valence-electron chi connectivity index (χ4n) is 1.07. The molecule has 82 valence electrons. The van der Waals surface area contributed by atoms with Gasteiger partial charge in [0.15, 0.2) is 0 Å². The van der Waals surface area contributed by atoms with Gasteiger partial charge >= 0.3 is 0 Å². The molecule has 3 N–H and O–H groups in total. The minimum Gasteiger partial charge on any atom is -0.355 e. The molecule has 0 bridgehead atoms. The van der Waals surface area contributed by atoms with Crippen molar-refractivity contribution in [3.63, 3.8) is 0 Å². The minimum absolute atomic E-state index is 0.0666. The zero-order chi connectivity index (χ0) is 11.0. The Bertz CT molecular complexity index is 224. The largest absolute Gasteiger partial charge is 0.355 e. The van der Waals surface area contributed by atoms with Crippen LogP contribution in [0.4, 0.5) is 0 Å². The molecule has 0 spiro atoms. The molecule has 0 aromatic rings. The molecule has 0 unspecified atom stereocenters. The number of rotatable bonds is 4. The lowest BCUT2D eigenvalue weighted by Crippen LogP contribution is -2.55. The van der Waals surface area contributed by atoms with Gasteiger partial charge in [-0.15, -0.1) is 0 Å². The number of amides is 1. The summed E-state index contributed by atoms with van der Waals surface area (Å²) in [6.45, 7) is 8.40. The Morgan fingerprint density at radius 3 is 2.21 bits per heavy atom. The molecular weight excluding hydrogens is 176 g/mol. The molecule has 1 aliphatic carbocycles. The highest BCUT2D eigenvalue weighted by Gasteiger charge is 2.40. The number of hydrogen-bond acceptors (Lipinski definition) is 2. The molecule has 0 saturated heterocycles. The van der Waals surface area contributed by atoms with Gasteiger partial charge in [0.25, 0.3) is 0 Å². The van der Waals surface area contributed by atoms with Gasteiger partial charge in [-0.05, 0) is 46.5 Å². The molecule has 3 heteroatoms. The van der Waals surface area contributed by atoms with Gasteiger partial charge in [-0.3, -0.25) is 4.79 Å². The van der Waals surface area contributed by atoms with Crippen LogP contribution in [0.25, 0.3) is 0 Å². The number of nitrogens with two attached hydrogens (primary N) is 1. The highest BCUT2D eigenvalue weighted by Crippen LogP contribution is 2.30. The summed E-state index contributed by atoms with van der Waals surface area (Å²) in [6, 6.07) is 0. The second-order valence-corrected chi connectivity index (χ2v) is 5.50. The van der Waals surface area contributed by atoms with E-state index in [1.807, 2.05) is 27.7 Å². The Hall–Kier alpha value is -0.570. The Morgan fingerprint density at radius 1 is 1.36 bits per heavy atom. The second kappa shape index (κ2) is 3.54. The van der Waals surface area contributed by atoms with E-state index in [4.69, 9.17) is 5.73 Å². The van der Waals surface area contributed by atoms with Crippen LogP contribution in [0.2, 0.25) is 0 Å². The number of carbonyl (C=O) groups is 1. The van der Waals surface area contributed by atoms with Crippen LogP contribution >= 0.6 is 0 Å². The lowest BCUT2D eigenvalue weighted by atomic mass is 9.74. The third-order valence-electron chi connectivity index (χ3n) is 3.43. The van der Waals surface area contributed by atoms with Gasteiger partial charge < -0.3 is 11.1 Å². The molecule has 1 saturated carbocycles. The minimum atomic E-state index is -0.512. The normalized spacial score (nSPS) is 18.1. The van der Waals surface area contributed by atoms with Crippen LogP contribution in [-0.2, 0) is 4.79 Å². The van der Waals surface area contributed by atoms with Gasteiger partial charge in [-0.25, -0.2) is 0 Å². The lowest BCUT2D eigenvalue weighted by Gasteiger charge is -2.36. The van der Waals surface area contributed by atoms with Crippen molar-refractivity contribution in [3.8, 4) is 0 Å². The maximum Gasteiger partial charge on any atom is 0.227 e. The smallest absolute Gasteiger partial charge is 0.227 e. The van der Waals surface area contributed by atoms with Crippen LogP contribution in [0.5, 0.6) is 0 Å². The maximum atomic E-state index is 11.9. The van der Waals surface area contributed by atoms with Gasteiger partial charge in [0.1, 0.15) is 0 Å². The van der Waals surface area contributed by atoms with E-state index >= 15 is 0 Å². The van der Waals surface area contributed by atoms with Crippen LogP contribution in [0, 0.1) is 11.3 Å². The maximum absolute atomic E-state index is 11.9. The first-order chi connectivity index (χ1) is 6.25. The second-order valence-electron chi connectivity index (χ2n) is 5.50. The van der Waals surface area contributed by atoms with Crippen molar-refractivity contribution < 1.29 is 4.79 Å². The number of carbonyl (C=O) groups excluding carboxylic acids is 1. The first-order valence-corrected chi connectivity index (χ1v) is 5.32. The number of nitrogens with one attached hydrogen (secondary N) is 1.